The Bertz CT molecular complexity index is 1320. The molecule has 38 heavy (non-hydrogen) atoms. The van der Waals surface area contributed by atoms with Gasteiger partial charge in [0.2, 0.25) is 0 Å². The van der Waals surface area contributed by atoms with Gasteiger partial charge in [-0.15, -0.1) is 11.8 Å². The Balaban J connectivity index is 1.46. The summed E-state index contributed by atoms with van der Waals surface area (Å²) in [6, 6.07) is 16.4. The molecule has 3 aromatic carbocycles. The maximum absolute atomic E-state index is 15.2. The summed E-state index contributed by atoms with van der Waals surface area (Å²) < 4.78 is 63.4. The molecule has 200 valence electrons. The fourth-order valence-electron chi connectivity index (χ4n) is 4.95. The number of benzene rings is 3. The van der Waals surface area contributed by atoms with Gasteiger partial charge in [-0.25, -0.2) is 4.39 Å². The highest BCUT2D eigenvalue weighted by Gasteiger charge is 2.26. The maximum atomic E-state index is 15.2. The van der Waals surface area contributed by atoms with E-state index in [4.69, 9.17) is 4.74 Å². The van der Waals surface area contributed by atoms with Crippen molar-refractivity contribution < 1.29 is 32.1 Å². The van der Waals surface area contributed by atoms with E-state index in [1.807, 2.05) is 24.3 Å². The lowest BCUT2D eigenvalue weighted by atomic mass is 9.89. The van der Waals surface area contributed by atoms with E-state index >= 15 is 4.39 Å². The van der Waals surface area contributed by atoms with Crippen LogP contribution in [-0.4, -0.2) is 54.8 Å². The molecule has 0 spiro atoms. The molecule has 0 aromatic heterocycles. The standard InChI is InChI=1S/C29H27F4NO3S/c30-11-1-12-34-13-10-22(16-34)36-20-5-2-18(3-6-20)28-24-8-4-19(35)14-27(24)38-17-25(28)23-9-7-21(15-26(23)31)37-29(32)33/h2-9,14-15,22,29,35H,1,10-13,16-17H2/t22-/m0/s1. The van der Waals surface area contributed by atoms with Crippen LogP contribution >= 0.6 is 11.8 Å². The molecule has 0 unspecified atom stereocenters. The second-order valence-corrected chi connectivity index (χ2v) is 10.3. The molecular formula is C29H27F4NO3S. The van der Waals surface area contributed by atoms with Gasteiger partial charge in [-0.1, -0.05) is 12.1 Å². The maximum Gasteiger partial charge on any atom is 0.387 e. The Morgan fingerprint density at radius 2 is 1.76 bits per heavy atom. The summed E-state index contributed by atoms with van der Waals surface area (Å²) in [5.74, 6) is 0.377. The first kappa shape index (κ1) is 26.4. The van der Waals surface area contributed by atoms with E-state index in [0.717, 1.165) is 53.7 Å². The molecule has 2 heterocycles. The fourth-order valence-corrected chi connectivity index (χ4v) is 6.08. The van der Waals surface area contributed by atoms with Crippen molar-refractivity contribution in [2.45, 2.75) is 30.5 Å². The quantitative estimate of drug-likeness (QED) is 0.293. The van der Waals surface area contributed by atoms with Crippen LogP contribution in [0.25, 0.3) is 11.1 Å². The summed E-state index contributed by atoms with van der Waals surface area (Å²) in [5.41, 5.74) is 3.48. The number of aromatic hydroxyl groups is 1. The normalized spacial score (nSPS) is 17.7. The highest BCUT2D eigenvalue weighted by molar-refractivity contribution is 7.99. The van der Waals surface area contributed by atoms with Crippen LogP contribution in [0.15, 0.2) is 65.6 Å². The molecule has 2 aliphatic heterocycles. The zero-order valence-electron chi connectivity index (χ0n) is 20.5. The van der Waals surface area contributed by atoms with Crippen molar-refractivity contribution in [3.8, 4) is 17.2 Å². The van der Waals surface area contributed by atoms with Gasteiger partial charge in [0.25, 0.3) is 0 Å². The SMILES string of the molecule is Oc1ccc2c(c1)SCC(c1ccc(OC(F)F)cc1F)=C2c1ccc(O[C@H]2CCN(CCCF)C2)cc1. The van der Waals surface area contributed by atoms with Gasteiger partial charge in [-0.3, -0.25) is 9.29 Å². The van der Waals surface area contributed by atoms with Crippen molar-refractivity contribution in [3.63, 3.8) is 0 Å². The van der Waals surface area contributed by atoms with Crippen molar-refractivity contribution in [1.29, 1.82) is 0 Å². The molecule has 9 heteroatoms. The van der Waals surface area contributed by atoms with Gasteiger partial charge < -0.3 is 14.6 Å². The summed E-state index contributed by atoms with van der Waals surface area (Å²) in [7, 11) is 0. The number of likely N-dealkylation sites (tertiary alicyclic amines) is 1. The number of thioether (sulfide) groups is 1. The van der Waals surface area contributed by atoms with Gasteiger partial charge in [0.15, 0.2) is 0 Å². The summed E-state index contributed by atoms with van der Waals surface area (Å²) in [5, 5.41) is 10.0. The molecule has 1 N–H and O–H groups in total. The van der Waals surface area contributed by atoms with Gasteiger partial charge in [0.1, 0.15) is 29.2 Å². The third-order valence-corrected chi connectivity index (χ3v) is 7.76. The molecule has 1 saturated heterocycles. The van der Waals surface area contributed by atoms with Crippen molar-refractivity contribution in [3.05, 3.63) is 83.2 Å². The average Bonchev–Trinajstić information content (AvgIpc) is 3.34. The van der Waals surface area contributed by atoms with Crippen LogP contribution in [0.2, 0.25) is 0 Å². The highest BCUT2D eigenvalue weighted by Crippen LogP contribution is 2.46. The summed E-state index contributed by atoms with van der Waals surface area (Å²) >= 11 is 1.47. The van der Waals surface area contributed by atoms with Gasteiger partial charge in [-0.05, 0) is 77.6 Å². The number of halogens is 4. The first-order chi connectivity index (χ1) is 18.4. The fraction of sp³-hybridized carbons (Fsp3) is 0.310. The number of hydrogen-bond donors (Lipinski definition) is 1. The van der Waals surface area contributed by atoms with Crippen LogP contribution in [0.5, 0.6) is 17.2 Å². The Labute approximate surface area is 222 Å². The Morgan fingerprint density at radius 3 is 2.50 bits per heavy atom. The minimum absolute atomic E-state index is 0.0353. The molecule has 3 aromatic rings. The van der Waals surface area contributed by atoms with E-state index in [2.05, 4.69) is 9.64 Å². The van der Waals surface area contributed by atoms with Gasteiger partial charge in [0.05, 0.1) is 6.67 Å². The molecule has 2 aliphatic rings. The first-order valence-electron chi connectivity index (χ1n) is 12.4. The van der Waals surface area contributed by atoms with Crippen LogP contribution in [-0.2, 0) is 0 Å². The van der Waals surface area contributed by atoms with Gasteiger partial charge >= 0.3 is 6.61 Å². The van der Waals surface area contributed by atoms with E-state index in [9.17, 15) is 18.3 Å². The molecule has 1 atom stereocenters. The Morgan fingerprint density at radius 1 is 1.00 bits per heavy atom. The van der Waals surface area contributed by atoms with Crippen LogP contribution in [0.1, 0.15) is 29.5 Å². The first-order valence-corrected chi connectivity index (χ1v) is 13.4. The monoisotopic (exact) mass is 545 g/mol. The van der Waals surface area contributed by atoms with E-state index in [-0.39, 0.29) is 24.3 Å². The summed E-state index contributed by atoms with van der Waals surface area (Å²) in [6.45, 7) is -0.989. The second-order valence-electron chi connectivity index (χ2n) is 9.24. The van der Waals surface area contributed by atoms with Gasteiger partial charge in [-0.2, -0.15) is 8.78 Å². The zero-order chi connectivity index (χ0) is 26.6. The predicted molar refractivity (Wildman–Crippen MR) is 140 cm³/mol. The Kier molecular flexibility index (Phi) is 8.14. The van der Waals surface area contributed by atoms with Crippen molar-refractivity contribution in [2.24, 2.45) is 0 Å². The molecule has 1 fully saturated rings. The number of ether oxygens (including phenoxy) is 2. The number of phenols is 1. The Hall–Kier alpha value is -3.17. The third kappa shape index (κ3) is 5.94. The lowest BCUT2D eigenvalue weighted by Crippen LogP contribution is -2.26. The third-order valence-electron chi connectivity index (χ3n) is 6.68. The molecule has 4 nitrogen and oxygen atoms in total. The zero-order valence-corrected chi connectivity index (χ0v) is 21.3. The lowest BCUT2D eigenvalue weighted by molar-refractivity contribution is -0.0500. The molecule has 5 rings (SSSR count). The molecular weight excluding hydrogens is 518 g/mol. The molecule has 0 saturated carbocycles. The van der Waals surface area contributed by atoms with Crippen molar-refractivity contribution >= 4 is 22.9 Å². The number of fused-ring (bicyclic) bond motifs is 1. The number of nitrogens with zero attached hydrogens (tertiary/aromatic N) is 1. The number of phenolic OH excluding ortho intramolecular Hbond substituents is 1. The summed E-state index contributed by atoms with van der Waals surface area (Å²) in [6.07, 6.45) is 1.44. The van der Waals surface area contributed by atoms with Crippen LogP contribution in [0.3, 0.4) is 0 Å². The predicted octanol–water partition coefficient (Wildman–Crippen LogP) is 7.01. The topological polar surface area (TPSA) is 41.9 Å². The second kappa shape index (κ2) is 11.7. The smallest absolute Gasteiger partial charge is 0.387 e. The molecule has 0 amide bonds. The van der Waals surface area contributed by atoms with Crippen LogP contribution < -0.4 is 9.47 Å². The number of rotatable bonds is 9. The highest BCUT2D eigenvalue weighted by atomic mass is 32.2. The lowest BCUT2D eigenvalue weighted by Gasteiger charge is -2.25. The minimum atomic E-state index is -3.04. The number of hydrogen-bond acceptors (Lipinski definition) is 5. The summed E-state index contributed by atoms with van der Waals surface area (Å²) in [4.78, 5) is 3.06. The molecule has 0 radical (unpaired) electrons. The molecule has 0 aliphatic carbocycles. The minimum Gasteiger partial charge on any atom is -0.508 e. The van der Waals surface area contributed by atoms with E-state index in [0.29, 0.717) is 29.1 Å². The average molecular weight is 546 g/mol. The van der Waals surface area contributed by atoms with E-state index < -0.39 is 12.4 Å². The van der Waals surface area contributed by atoms with Gasteiger partial charge in [0, 0.05) is 41.9 Å². The van der Waals surface area contributed by atoms with Crippen LogP contribution in [0.4, 0.5) is 17.6 Å². The van der Waals surface area contributed by atoms with Crippen molar-refractivity contribution in [2.75, 3.05) is 32.1 Å². The van der Waals surface area contributed by atoms with E-state index in [1.165, 1.54) is 23.9 Å². The van der Waals surface area contributed by atoms with E-state index in [1.54, 1.807) is 18.2 Å². The molecule has 0 bridgehead atoms. The number of alkyl halides is 3. The van der Waals surface area contributed by atoms with Crippen molar-refractivity contribution in [1.82, 2.24) is 4.90 Å². The van der Waals surface area contributed by atoms with Crippen LogP contribution in [0, 0.1) is 5.82 Å². The largest absolute Gasteiger partial charge is 0.508 e.